The molecule has 1 heterocycles. The minimum Gasteiger partial charge on any atom is -0.465 e. The van der Waals surface area contributed by atoms with Gasteiger partial charge in [-0.2, -0.15) is 0 Å². The van der Waals surface area contributed by atoms with Crippen LogP contribution in [0, 0.1) is 0 Å². The van der Waals surface area contributed by atoms with Crippen LogP contribution >= 0.6 is 15.9 Å². The van der Waals surface area contributed by atoms with Gasteiger partial charge in [-0.3, -0.25) is 14.5 Å². The molecular weight excluding hydrogens is 442 g/mol. The number of methoxy groups -OCH3 is 1. The third-order valence-corrected chi connectivity index (χ3v) is 4.81. The van der Waals surface area contributed by atoms with E-state index >= 15 is 0 Å². The van der Waals surface area contributed by atoms with Crippen LogP contribution < -0.4 is 10.6 Å². The number of carbonyl (C=O) groups is 4. The van der Waals surface area contributed by atoms with Gasteiger partial charge >= 0.3 is 12.0 Å². The number of imide groups is 1. The molecule has 0 aromatic heterocycles. The molecule has 0 saturated heterocycles. The maximum absolute atomic E-state index is 12.4. The number of esters is 1. The van der Waals surface area contributed by atoms with Crippen LogP contribution in [-0.4, -0.2) is 48.9 Å². The molecule has 0 aliphatic carbocycles. The molecule has 8 nitrogen and oxygen atoms in total. The lowest BCUT2D eigenvalue weighted by Crippen LogP contribution is -2.35. The molecule has 0 atom stereocenters. The number of urea groups is 1. The van der Waals surface area contributed by atoms with E-state index in [2.05, 4.69) is 31.3 Å². The zero-order chi connectivity index (χ0) is 21.0. The van der Waals surface area contributed by atoms with Gasteiger partial charge < -0.3 is 15.4 Å². The van der Waals surface area contributed by atoms with E-state index in [-0.39, 0.29) is 24.9 Å². The Hall–Kier alpha value is -3.20. The van der Waals surface area contributed by atoms with E-state index < -0.39 is 12.0 Å². The molecule has 29 heavy (non-hydrogen) atoms. The van der Waals surface area contributed by atoms with Crippen molar-refractivity contribution in [1.29, 1.82) is 0 Å². The van der Waals surface area contributed by atoms with E-state index in [1.807, 2.05) is 0 Å². The van der Waals surface area contributed by atoms with Crippen LogP contribution in [-0.2, 0) is 4.74 Å². The van der Waals surface area contributed by atoms with Crippen molar-refractivity contribution in [2.45, 2.75) is 6.42 Å². The Kier molecular flexibility index (Phi) is 6.28. The first kappa shape index (κ1) is 20.5. The Morgan fingerprint density at radius 2 is 1.83 bits per heavy atom. The zero-order valence-corrected chi connectivity index (χ0v) is 17.1. The quantitative estimate of drug-likeness (QED) is 0.392. The summed E-state index contributed by atoms with van der Waals surface area (Å²) in [7, 11) is 1.28. The van der Waals surface area contributed by atoms with Gasteiger partial charge in [0.2, 0.25) is 0 Å². The summed E-state index contributed by atoms with van der Waals surface area (Å²) in [5, 5.41) is 5.27. The molecule has 0 radical (unpaired) electrons. The summed E-state index contributed by atoms with van der Waals surface area (Å²) < 4.78 is 5.37. The second kappa shape index (κ2) is 8.87. The van der Waals surface area contributed by atoms with Gasteiger partial charge in [0, 0.05) is 23.2 Å². The highest BCUT2D eigenvalue weighted by Crippen LogP contribution is 2.26. The molecule has 3 rings (SSSR count). The van der Waals surface area contributed by atoms with Gasteiger partial charge in [-0.05, 0) is 42.8 Å². The van der Waals surface area contributed by atoms with E-state index in [4.69, 9.17) is 0 Å². The number of hydrogen-bond donors (Lipinski definition) is 2. The van der Waals surface area contributed by atoms with Crippen molar-refractivity contribution in [3.05, 3.63) is 63.6 Å². The minimum absolute atomic E-state index is 0.196. The second-order valence-corrected chi connectivity index (χ2v) is 7.17. The first-order valence-corrected chi connectivity index (χ1v) is 9.59. The number of fused-ring (bicyclic) bond motifs is 1. The number of anilines is 1. The van der Waals surface area contributed by atoms with Crippen molar-refractivity contribution >= 4 is 45.4 Å². The third kappa shape index (κ3) is 4.62. The Morgan fingerprint density at radius 3 is 2.59 bits per heavy atom. The van der Waals surface area contributed by atoms with Crippen LogP contribution in [0.15, 0.2) is 46.9 Å². The lowest BCUT2D eigenvalue weighted by molar-refractivity contribution is 0.0598. The lowest BCUT2D eigenvalue weighted by Gasteiger charge is -2.14. The number of nitrogens with one attached hydrogen (secondary N) is 2. The second-order valence-electron chi connectivity index (χ2n) is 6.26. The highest BCUT2D eigenvalue weighted by atomic mass is 79.9. The van der Waals surface area contributed by atoms with Gasteiger partial charge in [0.1, 0.15) is 0 Å². The summed E-state index contributed by atoms with van der Waals surface area (Å²) in [4.78, 5) is 49.5. The van der Waals surface area contributed by atoms with E-state index in [1.54, 1.807) is 36.4 Å². The number of benzene rings is 2. The summed E-state index contributed by atoms with van der Waals surface area (Å²) in [5.41, 5.74) is 1.52. The highest BCUT2D eigenvalue weighted by molar-refractivity contribution is 9.10. The highest BCUT2D eigenvalue weighted by Gasteiger charge is 2.34. The molecule has 4 amide bonds. The molecule has 1 aliphatic rings. The van der Waals surface area contributed by atoms with E-state index in [9.17, 15) is 19.2 Å². The van der Waals surface area contributed by atoms with Crippen LogP contribution in [0.2, 0.25) is 0 Å². The number of ether oxygens (including phenoxy) is 1. The van der Waals surface area contributed by atoms with Crippen molar-refractivity contribution in [3.63, 3.8) is 0 Å². The lowest BCUT2D eigenvalue weighted by atomic mass is 10.1. The predicted molar refractivity (Wildman–Crippen MR) is 109 cm³/mol. The first-order valence-electron chi connectivity index (χ1n) is 8.79. The predicted octanol–water partition coefficient (Wildman–Crippen LogP) is 3.04. The van der Waals surface area contributed by atoms with Crippen molar-refractivity contribution in [3.8, 4) is 0 Å². The number of nitrogens with zero attached hydrogens (tertiary/aromatic N) is 1. The molecule has 0 saturated carbocycles. The van der Waals surface area contributed by atoms with Gasteiger partial charge in [-0.1, -0.05) is 22.0 Å². The maximum Gasteiger partial charge on any atom is 0.337 e. The fourth-order valence-corrected chi connectivity index (χ4v) is 3.28. The molecule has 0 spiro atoms. The van der Waals surface area contributed by atoms with Crippen LogP contribution in [0.3, 0.4) is 0 Å². The van der Waals surface area contributed by atoms with Gasteiger partial charge in [0.15, 0.2) is 0 Å². The Balaban J connectivity index is 1.48. The van der Waals surface area contributed by atoms with Gasteiger partial charge in [0.05, 0.1) is 23.8 Å². The summed E-state index contributed by atoms with van der Waals surface area (Å²) in [5.74, 6) is -1.17. The van der Waals surface area contributed by atoms with E-state index in [0.29, 0.717) is 28.8 Å². The Morgan fingerprint density at radius 1 is 1.07 bits per heavy atom. The van der Waals surface area contributed by atoms with Crippen molar-refractivity contribution < 1.29 is 23.9 Å². The smallest absolute Gasteiger partial charge is 0.337 e. The average molecular weight is 460 g/mol. The number of hydrogen-bond acceptors (Lipinski definition) is 5. The molecule has 9 heteroatoms. The number of amides is 4. The van der Waals surface area contributed by atoms with E-state index in [0.717, 1.165) is 4.47 Å². The SMILES string of the molecule is COC(=O)c1cccc(NC(=O)NCCCN2C(=O)c3ccc(Br)cc3C2=O)c1. The maximum atomic E-state index is 12.4. The number of halogens is 1. The average Bonchev–Trinajstić information content (AvgIpc) is 2.94. The Bertz CT molecular complexity index is 992. The normalized spacial score (nSPS) is 12.6. The Labute approximate surface area is 175 Å². The van der Waals surface area contributed by atoms with Gasteiger partial charge in [-0.15, -0.1) is 0 Å². The van der Waals surface area contributed by atoms with Crippen LogP contribution in [0.1, 0.15) is 37.5 Å². The molecule has 0 bridgehead atoms. The first-order chi connectivity index (χ1) is 13.9. The summed E-state index contributed by atoms with van der Waals surface area (Å²) in [6, 6.07) is 10.9. The molecule has 2 aromatic rings. The molecule has 2 aromatic carbocycles. The molecular formula is C20H18BrN3O5. The van der Waals surface area contributed by atoms with Crippen LogP contribution in [0.5, 0.6) is 0 Å². The van der Waals surface area contributed by atoms with Crippen LogP contribution in [0.4, 0.5) is 10.5 Å². The largest absolute Gasteiger partial charge is 0.465 e. The van der Waals surface area contributed by atoms with Crippen molar-refractivity contribution in [1.82, 2.24) is 10.2 Å². The molecule has 1 aliphatic heterocycles. The third-order valence-electron chi connectivity index (χ3n) is 4.32. The monoisotopic (exact) mass is 459 g/mol. The van der Waals surface area contributed by atoms with Gasteiger partial charge in [-0.25, -0.2) is 9.59 Å². The summed E-state index contributed by atoms with van der Waals surface area (Å²) >= 11 is 3.29. The molecule has 0 fully saturated rings. The number of carbonyl (C=O) groups excluding carboxylic acids is 4. The topological polar surface area (TPSA) is 105 Å². The fraction of sp³-hybridized carbons (Fsp3) is 0.200. The van der Waals surface area contributed by atoms with Crippen molar-refractivity contribution in [2.75, 3.05) is 25.5 Å². The fourth-order valence-electron chi connectivity index (χ4n) is 2.92. The standard InChI is InChI=1S/C20H18BrN3O5/c1-29-19(27)12-4-2-5-14(10-12)23-20(28)22-8-3-9-24-17(25)15-7-6-13(21)11-16(15)18(24)26/h2,4-7,10-11H,3,8-9H2,1H3,(H2,22,23,28). The zero-order valence-electron chi connectivity index (χ0n) is 15.5. The minimum atomic E-state index is -0.498. The van der Waals surface area contributed by atoms with Crippen LogP contribution in [0.25, 0.3) is 0 Å². The van der Waals surface area contributed by atoms with Crippen molar-refractivity contribution in [2.24, 2.45) is 0 Å². The molecule has 150 valence electrons. The number of rotatable bonds is 6. The summed E-state index contributed by atoms with van der Waals surface area (Å²) in [6.07, 6.45) is 0.405. The molecule has 2 N–H and O–H groups in total. The summed E-state index contributed by atoms with van der Waals surface area (Å²) in [6.45, 7) is 0.460. The molecule has 0 unspecified atom stereocenters. The van der Waals surface area contributed by atoms with Gasteiger partial charge in [0.25, 0.3) is 11.8 Å². The van der Waals surface area contributed by atoms with E-state index in [1.165, 1.54) is 18.1 Å².